The molecule has 4 nitrogen and oxygen atoms in total. The Morgan fingerprint density at radius 2 is 2.15 bits per heavy atom. The standard InChI is InChI=1S/C15H22ClNO3/c1-10-8-11(16)4-5-13(10)20-14-9-12(17-2)15(14)19-7-6-18-3/h4-5,8,12,14-15,17H,6-7,9H2,1-3H3. The maximum atomic E-state index is 6.05. The van der Waals surface area contributed by atoms with Gasteiger partial charge in [0.25, 0.3) is 0 Å². The minimum absolute atomic E-state index is 0.0604. The van der Waals surface area contributed by atoms with Crippen LogP contribution in [0.4, 0.5) is 0 Å². The molecular formula is C15H22ClNO3. The predicted molar refractivity (Wildman–Crippen MR) is 79.7 cm³/mol. The van der Waals surface area contributed by atoms with E-state index in [1.165, 1.54) is 0 Å². The van der Waals surface area contributed by atoms with Crippen LogP contribution in [0.1, 0.15) is 12.0 Å². The second-order valence-electron chi connectivity index (χ2n) is 5.03. The van der Waals surface area contributed by atoms with E-state index in [-0.39, 0.29) is 12.2 Å². The third-order valence-electron chi connectivity index (χ3n) is 3.63. The highest BCUT2D eigenvalue weighted by molar-refractivity contribution is 6.30. The number of hydrogen-bond acceptors (Lipinski definition) is 4. The first-order valence-electron chi connectivity index (χ1n) is 6.86. The van der Waals surface area contributed by atoms with Crippen LogP contribution in [0, 0.1) is 6.92 Å². The molecule has 5 heteroatoms. The van der Waals surface area contributed by atoms with Crippen molar-refractivity contribution in [3.05, 3.63) is 28.8 Å². The van der Waals surface area contributed by atoms with Crippen molar-refractivity contribution in [3.8, 4) is 5.75 Å². The lowest BCUT2D eigenvalue weighted by Gasteiger charge is -2.43. The van der Waals surface area contributed by atoms with Crippen molar-refractivity contribution in [2.75, 3.05) is 27.4 Å². The summed E-state index contributed by atoms with van der Waals surface area (Å²) in [5, 5.41) is 3.98. The quantitative estimate of drug-likeness (QED) is 0.785. The van der Waals surface area contributed by atoms with Gasteiger partial charge in [-0.25, -0.2) is 0 Å². The molecule has 0 heterocycles. The first-order valence-corrected chi connectivity index (χ1v) is 7.24. The zero-order valence-electron chi connectivity index (χ0n) is 12.2. The zero-order valence-corrected chi connectivity index (χ0v) is 12.9. The summed E-state index contributed by atoms with van der Waals surface area (Å²) in [5.74, 6) is 0.870. The lowest BCUT2D eigenvalue weighted by molar-refractivity contribution is -0.114. The Labute approximate surface area is 125 Å². The van der Waals surface area contributed by atoms with E-state index in [9.17, 15) is 0 Å². The number of nitrogens with one attached hydrogen (secondary N) is 1. The Morgan fingerprint density at radius 3 is 2.80 bits per heavy atom. The van der Waals surface area contributed by atoms with Gasteiger partial charge in [0.2, 0.25) is 0 Å². The highest BCUT2D eigenvalue weighted by Crippen LogP contribution is 2.31. The average Bonchev–Trinajstić information content (AvgIpc) is 2.41. The summed E-state index contributed by atoms with van der Waals surface area (Å²) in [4.78, 5) is 0. The van der Waals surface area contributed by atoms with Gasteiger partial charge in [0, 0.05) is 24.6 Å². The fourth-order valence-corrected chi connectivity index (χ4v) is 2.60. The molecule has 1 N–H and O–H groups in total. The van der Waals surface area contributed by atoms with Crippen LogP contribution in [0.25, 0.3) is 0 Å². The first kappa shape index (κ1) is 15.6. The Hall–Kier alpha value is -0.810. The number of methoxy groups -OCH3 is 1. The van der Waals surface area contributed by atoms with Crippen LogP contribution >= 0.6 is 11.6 Å². The van der Waals surface area contributed by atoms with Crippen LogP contribution in [-0.4, -0.2) is 45.6 Å². The van der Waals surface area contributed by atoms with Crippen molar-refractivity contribution < 1.29 is 14.2 Å². The van der Waals surface area contributed by atoms with Crippen LogP contribution in [-0.2, 0) is 9.47 Å². The van der Waals surface area contributed by atoms with E-state index >= 15 is 0 Å². The van der Waals surface area contributed by atoms with Gasteiger partial charge in [-0.2, -0.15) is 0 Å². The van der Waals surface area contributed by atoms with Gasteiger partial charge in [-0.3, -0.25) is 0 Å². The van der Waals surface area contributed by atoms with Crippen molar-refractivity contribution in [2.24, 2.45) is 0 Å². The highest BCUT2D eigenvalue weighted by atomic mass is 35.5. The van der Waals surface area contributed by atoms with Crippen molar-refractivity contribution >= 4 is 11.6 Å². The monoisotopic (exact) mass is 299 g/mol. The lowest BCUT2D eigenvalue weighted by Crippen LogP contribution is -2.60. The molecular weight excluding hydrogens is 278 g/mol. The van der Waals surface area contributed by atoms with Crippen LogP contribution in [0.5, 0.6) is 5.75 Å². The smallest absolute Gasteiger partial charge is 0.128 e. The molecule has 1 aromatic rings. The third-order valence-corrected chi connectivity index (χ3v) is 3.87. The maximum Gasteiger partial charge on any atom is 0.128 e. The van der Waals surface area contributed by atoms with Gasteiger partial charge in [-0.15, -0.1) is 0 Å². The van der Waals surface area contributed by atoms with E-state index in [1.807, 2.05) is 32.2 Å². The molecule has 0 aromatic heterocycles. The van der Waals surface area contributed by atoms with Crippen molar-refractivity contribution in [1.82, 2.24) is 5.32 Å². The summed E-state index contributed by atoms with van der Waals surface area (Å²) < 4.78 is 16.9. The largest absolute Gasteiger partial charge is 0.487 e. The molecule has 1 fully saturated rings. The normalized spacial score (nSPS) is 25.3. The Morgan fingerprint density at radius 1 is 1.35 bits per heavy atom. The summed E-state index contributed by atoms with van der Waals surface area (Å²) in [5.41, 5.74) is 1.04. The van der Waals surface area contributed by atoms with E-state index in [0.29, 0.717) is 19.3 Å². The van der Waals surface area contributed by atoms with E-state index in [0.717, 1.165) is 22.8 Å². The second kappa shape index (κ2) is 7.27. The van der Waals surface area contributed by atoms with Crippen LogP contribution in [0.2, 0.25) is 5.02 Å². The van der Waals surface area contributed by atoms with Crippen LogP contribution in [0.15, 0.2) is 18.2 Å². The summed E-state index contributed by atoms with van der Waals surface area (Å²) >= 11 is 5.96. The van der Waals surface area contributed by atoms with E-state index in [2.05, 4.69) is 5.32 Å². The fraction of sp³-hybridized carbons (Fsp3) is 0.600. The maximum absolute atomic E-state index is 6.05. The molecule has 1 saturated carbocycles. The fourth-order valence-electron chi connectivity index (χ4n) is 2.38. The first-order chi connectivity index (χ1) is 9.65. The van der Waals surface area contributed by atoms with E-state index in [4.69, 9.17) is 25.8 Å². The van der Waals surface area contributed by atoms with Gasteiger partial charge in [0.05, 0.1) is 13.2 Å². The zero-order chi connectivity index (χ0) is 14.5. The van der Waals surface area contributed by atoms with Gasteiger partial charge < -0.3 is 19.5 Å². The molecule has 112 valence electrons. The van der Waals surface area contributed by atoms with Crippen molar-refractivity contribution in [2.45, 2.75) is 31.6 Å². The summed E-state index contributed by atoms with van der Waals surface area (Å²) in [7, 11) is 3.62. The second-order valence-corrected chi connectivity index (χ2v) is 5.46. The number of hydrogen-bond donors (Lipinski definition) is 1. The van der Waals surface area contributed by atoms with Crippen molar-refractivity contribution in [3.63, 3.8) is 0 Å². The van der Waals surface area contributed by atoms with Gasteiger partial charge >= 0.3 is 0 Å². The SMILES string of the molecule is CNC1CC(Oc2ccc(Cl)cc2C)C1OCCOC. The summed E-state index contributed by atoms with van der Waals surface area (Å²) in [6.07, 6.45) is 1.07. The number of rotatable bonds is 7. The molecule has 1 aliphatic rings. The van der Waals surface area contributed by atoms with Crippen LogP contribution < -0.4 is 10.1 Å². The Bertz CT molecular complexity index is 441. The molecule has 3 atom stereocenters. The van der Waals surface area contributed by atoms with Gasteiger partial charge in [0.1, 0.15) is 18.0 Å². The third kappa shape index (κ3) is 3.64. The molecule has 0 aliphatic heterocycles. The molecule has 3 unspecified atom stereocenters. The predicted octanol–water partition coefficient (Wildman–Crippen LogP) is 2.42. The van der Waals surface area contributed by atoms with Gasteiger partial charge in [0.15, 0.2) is 0 Å². The minimum Gasteiger partial charge on any atom is -0.487 e. The molecule has 0 amide bonds. The highest BCUT2D eigenvalue weighted by Gasteiger charge is 2.43. The molecule has 2 rings (SSSR count). The van der Waals surface area contributed by atoms with E-state index < -0.39 is 0 Å². The number of aryl methyl sites for hydroxylation is 1. The summed E-state index contributed by atoms with van der Waals surface area (Å²) in [6, 6.07) is 6.01. The molecule has 0 radical (unpaired) electrons. The Kier molecular flexibility index (Phi) is 5.66. The van der Waals surface area contributed by atoms with Gasteiger partial charge in [-0.05, 0) is 37.7 Å². The Balaban J connectivity index is 1.94. The lowest BCUT2D eigenvalue weighted by atomic mass is 9.85. The van der Waals surface area contributed by atoms with Gasteiger partial charge in [-0.1, -0.05) is 11.6 Å². The summed E-state index contributed by atoms with van der Waals surface area (Å²) in [6.45, 7) is 3.18. The molecule has 0 spiro atoms. The molecule has 20 heavy (non-hydrogen) atoms. The van der Waals surface area contributed by atoms with Crippen LogP contribution in [0.3, 0.4) is 0 Å². The average molecular weight is 300 g/mol. The molecule has 0 saturated heterocycles. The minimum atomic E-state index is 0.0604. The number of likely N-dealkylation sites (N-methyl/N-ethyl adjacent to an activating group) is 1. The molecule has 0 bridgehead atoms. The molecule has 1 aliphatic carbocycles. The number of halogens is 1. The number of benzene rings is 1. The van der Waals surface area contributed by atoms with E-state index in [1.54, 1.807) is 7.11 Å². The van der Waals surface area contributed by atoms with Crippen molar-refractivity contribution in [1.29, 1.82) is 0 Å². The number of ether oxygens (including phenoxy) is 3. The molecule has 1 aromatic carbocycles. The topological polar surface area (TPSA) is 39.7 Å².